The normalized spacial score (nSPS) is 16.4. The van der Waals surface area contributed by atoms with Crippen molar-refractivity contribution in [3.8, 4) is 0 Å². The fourth-order valence-electron chi connectivity index (χ4n) is 1.16. The molecule has 2 nitrogen and oxygen atoms in total. The number of hydrogen-bond donors (Lipinski definition) is 0. The maximum absolute atomic E-state index is 4.34. The highest BCUT2D eigenvalue weighted by Crippen LogP contribution is 2.07. The third-order valence-electron chi connectivity index (χ3n) is 1.68. The fraction of sp³-hybridized carbons (Fsp3) is 0.750. The second-order valence-corrected chi connectivity index (χ2v) is 2.65. The van der Waals surface area contributed by atoms with Gasteiger partial charge in [-0.1, -0.05) is 6.92 Å². The van der Waals surface area contributed by atoms with Crippen LogP contribution in [0.15, 0.2) is 11.9 Å². The van der Waals surface area contributed by atoms with Crippen molar-refractivity contribution in [2.24, 2.45) is 0 Å². The molecule has 1 radical (unpaired) electrons. The Morgan fingerprint density at radius 1 is 1.70 bits per heavy atom. The van der Waals surface area contributed by atoms with Crippen molar-refractivity contribution in [3.63, 3.8) is 0 Å². The minimum Gasteiger partial charge on any atom is -0.360 e. The molecule has 0 spiro atoms. The zero-order chi connectivity index (χ0) is 7.40. The molecule has 0 aliphatic carbocycles. The molecule has 57 valence electrons. The van der Waals surface area contributed by atoms with Crippen LogP contribution in [0, 0.1) is 0 Å². The lowest BCUT2D eigenvalue weighted by Gasteiger charge is -2.17. The molecule has 0 saturated heterocycles. The van der Waals surface area contributed by atoms with E-state index in [0.717, 1.165) is 19.5 Å². The van der Waals surface area contributed by atoms with Crippen LogP contribution in [0.3, 0.4) is 0 Å². The second kappa shape index (κ2) is 3.49. The molecule has 0 N–H and O–H groups in total. The van der Waals surface area contributed by atoms with Gasteiger partial charge in [-0.2, -0.15) is 0 Å². The Morgan fingerprint density at radius 2 is 2.50 bits per heavy atom. The maximum Gasteiger partial charge on any atom is 0.119 e. The van der Waals surface area contributed by atoms with Gasteiger partial charge in [0, 0.05) is 20.1 Å². The van der Waals surface area contributed by atoms with Crippen LogP contribution in [0.5, 0.6) is 0 Å². The quantitative estimate of drug-likeness (QED) is 0.574. The summed E-state index contributed by atoms with van der Waals surface area (Å²) in [5.74, 6) is 1.18. The molecule has 1 rings (SSSR count). The van der Waals surface area contributed by atoms with E-state index in [1.165, 1.54) is 12.2 Å². The molecular weight excluding hydrogens is 124 g/mol. The maximum atomic E-state index is 4.34. The van der Waals surface area contributed by atoms with Crippen molar-refractivity contribution in [1.29, 1.82) is 0 Å². The fourth-order valence-corrected chi connectivity index (χ4v) is 1.16. The minimum absolute atomic E-state index is 0.989. The highest BCUT2D eigenvalue weighted by Gasteiger charge is 2.07. The molecule has 1 heterocycles. The van der Waals surface area contributed by atoms with Gasteiger partial charge in [-0.15, -0.1) is 0 Å². The van der Waals surface area contributed by atoms with Crippen LogP contribution in [0.1, 0.15) is 19.8 Å². The van der Waals surface area contributed by atoms with Crippen LogP contribution in [-0.2, 0) is 0 Å². The van der Waals surface area contributed by atoms with Gasteiger partial charge in [-0.3, -0.25) is 5.32 Å². The largest absolute Gasteiger partial charge is 0.360 e. The van der Waals surface area contributed by atoms with Crippen molar-refractivity contribution >= 4 is 0 Å². The van der Waals surface area contributed by atoms with E-state index in [0.29, 0.717) is 0 Å². The van der Waals surface area contributed by atoms with Gasteiger partial charge in [0.25, 0.3) is 0 Å². The lowest BCUT2D eigenvalue weighted by molar-refractivity contribution is 0.391. The molecule has 0 fully saturated rings. The van der Waals surface area contributed by atoms with Gasteiger partial charge in [0.05, 0.1) is 0 Å². The lowest BCUT2D eigenvalue weighted by atomic mass is 10.4. The van der Waals surface area contributed by atoms with Crippen molar-refractivity contribution in [2.75, 3.05) is 20.1 Å². The summed E-state index contributed by atoms with van der Waals surface area (Å²) in [5, 5.41) is 4.34. The van der Waals surface area contributed by atoms with Gasteiger partial charge < -0.3 is 4.90 Å². The Balaban J connectivity index is 2.32. The average Bonchev–Trinajstić information content (AvgIpc) is 2.38. The smallest absolute Gasteiger partial charge is 0.119 e. The number of nitrogens with zero attached hydrogens (tertiary/aromatic N) is 2. The lowest BCUT2D eigenvalue weighted by Crippen LogP contribution is -2.22. The van der Waals surface area contributed by atoms with Crippen LogP contribution in [-0.4, -0.2) is 25.0 Å². The topological polar surface area (TPSA) is 17.3 Å². The zero-order valence-electron chi connectivity index (χ0n) is 6.80. The Morgan fingerprint density at radius 3 is 3.00 bits per heavy atom. The van der Waals surface area contributed by atoms with Crippen LogP contribution in [0.4, 0.5) is 0 Å². The van der Waals surface area contributed by atoms with E-state index in [1.54, 1.807) is 0 Å². The highest BCUT2D eigenvalue weighted by atomic mass is 15.2. The van der Waals surface area contributed by atoms with Gasteiger partial charge in [0.2, 0.25) is 0 Å². The van der Waals surface area contributed by atoms with Gasteiger partial charge in [-0.25, -0.2) is 0 Å². The summed E-state index contributed by atoms with van der Waals surface area (Å²) in [4.78, 5) is 2.22. The monoisotopic (exact) mass is 139 g/mol. The van der Waals surface area contributed by atoms with Gasteiger partial charge in [-0.05, 0) is 18.9 Å². The first-order chi connectivity index (χ1) is 4.84. The summed E-state index contributed by atoms with van der Waals surface area (Å²) >= 11 is 0. The Labute approximate surface area is 62.9 Å². The number of hydrogen-bond acceptors (Lipinski definition) is 1. The summed E-state index contributed by atoms with van der Waals surface area (Å²) in [6, 6.07) is 0. The number of rotatable bonds is 3. The van der Waals surface area contributed by atoms with Crippen molar-refractivity contribution in [3.05, 3.63) is 11.9 Å². The summed E-state index contributed by atoms with van der Waals surface area (Å²) in [6.45, 7) is 4.30. The molecule has 0 amide bonds. The molecule has 1 aliphatic rings. The van der Waals surface area contributed by atoms with Crippen LogP contribution in [0.25, 0.3) is 0 Å². The summed E-state index contributed by atoms with van der Waals surface area (Å²) in [6.07, 6.45) is 4.53. The standard InChI is InChI=1S/C8H15N2/c1-3-7-10(2)8-5-4-6-9-8/h5H,3-4,6-7H2,1-2H3. The molecule has 1 aliphatic heterocycles. The van der Waals surface area contributed by atoms with E-state index in [-0.39, 0.29) is 0 Å². The summed E-state index contributed by atoms with van der Waals surface area (Å²) in [7, 11) is 2.10. The molecule has 0 bridgehead atoms. The molecule has 0 aromatic carbocycles. The molecule has 0 aromatic heterocycles. The first kappa shape index (κ1) is 7.45. The van der Waals surface area contributed by atoms with Crippen LogP contribution < -0.4 is 5.32 Å². The van der Waals surface area contributed by atoms with Crippen LogP contribution >= 0.6 is 0 Å². The van der Waals surface area contributed by atoms with Gasteiger partial charge in [0.15, 0.2) is 0 Å². The first-order valence-corrected chi connectivity index (χ1v) is 3.93. The van der Waals surface area contributed by atoms with Crippen molar-refractivity contribution < 1.29 is 0 Å². The summed E-state index contributed by atoms with van der Waals surface area (Å²) < 4.78 is 0. The third-order valence-corrected chi connectivity index (χ3v) is 1.68. The SMILES string of the molecule is CCCN(C)C1=CCC[N]1. The molecule has 0 unspecified atom stereocenters. The Kier molecular flexibility index (Phi) is 2.60. The van der Waals surface area contributed by atoms with Crippen molar-refractivity contribution in [2.45, 2.75) is 19.8 Å². The van der Waals surface area contributed by atoms with E-state index in [9.17, 15) is 0 Å². The van der Waals surface area contributed by atoms with Gasteiger partial charge >= 0.3 is 0 Å². The minimum atomic E-state index is 0.989. The third kappa shape index (κ3) is 1.66. The average molecular weight is 139 g/mol. The summed E-state index contributed by atoms with van der Waals surface area (Å²) in [5.41, 5.74) is 0. The molecule has 0 saturated carbocycles. The molecular formula is C8H15N2. The highest BCUT2D eigenvalue weighted by molar-refractivity contribution is 5.03. The van der Waals surface area contributed by atoms with E-state index in [4.69, 9.17) is 0 Å². The predicted molar refractivity (Wildman–Crippen MR) is 42.6 cm³/mol. The van der Waals surface area contributed by atoms with E-state index < -0.39 is 0 Å². The second-order valence-electron chi connectivity index (χ2n) is 2.65. The predicted octanol–water partition coefficient (Wildman–Crippen LogP) is 1.18. The molecule has 10 heavy (non-hydrogen) atoms. The van der Waals surface area contributed by atoms with E-state index in [2.05, 4.69) is 30.3 Å². The van der Waals surface area contributed by atoms with E-state index in [1.807, 2.05) is 0 Å². The first-order valence-electron chi connectivity index (χ1n) is 3.93. The zero-order valence-corrected chi connectivity index (χ0v) is 6.80. The molecule has 0 atom stereocenters. The Hall–Kier alpha value is -0.660. The molecule has 0 aromatic rings. The van der Waals surface area contributed by atoms with Crippen molar-refractivity contribution in [1.82, 2.24) is 10.2 Å². The van der Waals surface area contributed by atoms with Gasteiger partial charge in [0.1, 0.15) is 5.82 Å². The van der Waals surface area contributed by atoms with E-state index >= 15 is 0 Å². The molecule has 2 heteroatoms. The van der Waals surface area contributed by atoms with Crippen LogP contribution in [0.2, 0.25) is 0 Å². The Bertz CT molecular complexity index is 129.